The number of benzene rings is 1. The van der Waals surface area contributed by atoms with Gasteiger partial charge in [-0.3, -0.25) is 14.7 Å². The van der Waals surface area contributed by atoms with Crippen molar-refractivity contribution in [2.24, 2.45) is 0 Å². The summed E-state index contributed by atoms with van der Waals surface area (Å²) in [6.07, 6.45) is 4.95. The van der Waals surface area contributed by atoms with Crippen molar-refractivity contribution in [2.75, 3.05) is 26.7 Å². The number of hydrogen-bond acceptors (Lipinski definition) is 5. The van der Waals surface area contributed by atoms with Crippen LogP contribution < -0.4 is 4.74 Å². The molecule has 0 aliphatic carbocycles. The van der Waals surface area contributed by atoms with Gasteiger partial charge < -0.3 is 14.5 Å². The Bertz CT molecular complexity index is 1040. The summed E-state index contributed by atoms with van der Waals surface area (Å²) in [5, 5.41) is 7.16. The van der Waals surface area contributed by atoms with E-state index in [1.807, 2.05) is 36.4 Å². The van der Waals surface area contributed by atoms with Gasteiger partial charge in [-0.1, -0.05) is 36.4 Å². The Balaban J connectivity index is 1.39. The van der Waals surface area contributed by atoms with Crippen LogP contribution in [0.3, 0.4) is 0 Å². The second-order valence-electron chi connectivity index (χ2n) is 7.98. The van der Waals surface area contributed by atoms with E-state index in [-0.39, 0.29) is 24.3 Å². The normalized spacial score (nSPS) is 15.9. The van der Waals surface area contributed by atoms with E-state index in [0.717, 1.165) is 24.1 Å². The molecule has 0 bridgehead atoms. The molecule has 8 heteroatoms. The van der Waals surface area contributed by atoms with Crippen LogP contribution in [0.15, 0.2) is 60.9 Å². The smallest absolute Gasteiger partial charge is 0.260 e. The van der Waals surface area contributed by atoms with Gasteiger partial charge in [0.1, 0.15) is 0 Å². The Morgan fingerprint density at radius 3 is 2.78 bits per heavy atom. The highest BCUT2D eigenvalue weighted by Gasteiger charge is 2.30. The fourth-order valence-corrected chi connectivity index (χ4v) is 4.01. The Hall–Kier alpha value is -3.68. The van der Waals surface area contributed by atoms with Gasteiger partial charge in [-0.25, -0.2) is 4.98 Å². The molecule has 0 radical (unpaired) electrons. The summed E-state index contributed by atoms with van der Waals surface area (Å²) in [4.78, 5) is 33.4. The van der Waals surface area contributed by atoms with E-state index in [0.29, 0.717) is 31.1 Å². The number of carbonyl (C=O) groups excluding carboxylic acids is 2. The number of likely N-dealkylation sites (tertiary alicyclic amines) is 1. The van der Waals surface area contributed by atoms with Gasteiger partial charge in [0.05, 0.1) is 17.5 Å². The largest absolute Gasteiger partial charge is 0.468 e. The SMILES string of the molecule is CN(Cc1ccccc1)C(=O)c1cn[nH]c1[C@@H]1CCCN(C(=O)COc2ccccn2)C1. The first kappa shape index (κ1) is 21.5. The molecule has 0 spiro atoms. The molecule has 1 saturated heterocycles. The van der Waals surface area contributed by atoms with Crippen molar-refractivity contribution in [1.82, 2.24) is 25.0 Å². The van der Waals surface area contributed by atoms with E-state index >= 15 is 0 Å². The lowest BCUT2D eigenvalue weighted by Crippen LogP contribution is -2.42. The molecule has 1 aromatic carbocycles. The van der Waals surface area contributed by atoms with Crippen molar-refractivity contribution < 1.29 is 14.3 Å². The van der Waals surface area contributed by atoms with Crippen molar-refractivity contribution in [2.45, 2.75) is 25.3 Å². The fraction of sp³-hybridized carbons (Fsp3) is 0.333. The van der Waals surface area contributed by atoms with Crippen molar-refractivity contribution in [1.29, 1.82) is 0 Å². The predicted octanol–water partition coefficient (Wildman–Crippen LogP) is 2.86. The number of nitrogens with zero attached hydrogens (tertiary/aromatic N) is 4. The van der Waals surface area contributed by atoms with Crippen LogP contribution in [0, 0.1) is 0 Å². The number of carbonyl (C=O) groups is 2. The summed E-state index contributed by atoms with van der Waals surface area (Å²) in [7, 11) is 1.79. The monoisotopic (exact) mass is 433 g/mol. The van der Waals surface area contributed by atoms with E-state index in [9.17, 15) is 9.59 Å². The lowest BCUT2D eigenvalue weighted by atomic mass is 9.92. The van der Waals surface area contributed by atoms with Gasteiger partial charge in [-0.15, -0.1) is 0 Å². The molecule has 3 heterocycles. The van der Waals surface area contributed by atoms with Gasteiger partial charge in [-0.05, 0) is 24.5 Å². The zero-order valence-corrected chi connectivity index (χ0v) is 18.1. The van der Waals surface area contributed by atoms with E-state index in [4.69, 9.17) is 4.74 Å². The first-order valence-corrected chi connectivity index (χ1v) is 10.8. The maximum atomic E-state index is 13.1. The average molecular weight is 434 g/mol. The van der Waals surface area contributed by atoms with Crippen molar-refractivity contribution in [3.63, 3.8) is 0 Å². The Morgan fingerprint density at radius 2 is 2.00 bits per heavy atom. The summed E-state index contributed by atoms with van der Waals surface area (Å²) >= 11 is 0. The van der Waals surface area contributed by atoms with Gasteiger partial charge in [-0.2, -0.15) is 5.10 Å². The van der Waals surface area contributed by atoms with Gasteiger partial charge in [0.2, 0.25) is 5.88 Å². The number of pyridine rings is 1. The van der Waals surface area contributed by atoms with Gasteiger partial charge in [0, 0.05) is 44.9 Å². The number of hydrogen-bond donors (Lipinski definition) is 1. The molecule has 4 rings (SSSR count). The molecular formula is C24H27N5O3. The van der Waals surface area contributed by atoms with Crippen LogP contribution in [-0.4, -0.2) is 63.5 Å². The maximum absolute atomic E-state index is 13.1. The lowest BCUT2D eigenvalue weighted by molar-refractivity contribution is -0.134. The minimum absolute atomic E-state index is 0.0223. The molecular weight excluding hydrogens is 406 g/mol. The topological polar surface area (TPSA) is 91.4 Å². The molecule has 32 heavy (non-hydrogen) atoms. The number of aromatic nitrogens is 3. The molecule has 1 aliphatic rings. The first-order chi connectivity index (χ1) is 15.6. The average Bonchev–Trinajstić information content (AvgIpc) is 3.33. The molecule has 0 saturated carbocycles. The van der Waals surface area contributed by atoms with E-state index in [2.05, 4.69) is 15.2 Å². The molecule has 1 atom stereocenters. The number of rotatable bonds is 7. The van der Waals surface area contributed by atoms with Crippen LogP contribution in [0.1, 0.15) is 40.4 Å². The van der Waals surface area contributed by atoms with E-state index in [1.54, 1.807) is 41.4 Å². The molecule has 1 N–H and O–H groups in total. The summed E-state index contributed by atoms with van der Waals surface area (Å²) in [5.74, 6) is 0.278. The summed E-state index contributed by atoms with van der Waals surface area (Å²) in [5.41, 5.74) is 2.42. The Kier molecular flexibility index (Phi) is 6.79. The van der Waals surface area contributed by atoms with Crippen molar-refractivity contribution in [3.05, 3.63) is 77.7 Å². The Morgan fingerprint density at radius 1 is 1.19 bits per heavy atom. The number of aromatic amines is 1. The Labute approximate surface area is 187 Å². The molecule has 3 aromatic rings. The molecule has 8 nitrogen and oxygen atoms in total. The molecule has 166 valence electrons. The van der Waals surface area contributed by atoms with Gasteiger partial charge in [0.25, 0.3) is 11.8 Å². The molecule has 0 unspecified atom stereocenters. The highest BCUT2D eigenvalue weighted by atomic mass is 16.5. The number of piperidine rings is 1. The van der Waals surface area contributed by atoms with Crippen LogP contribution >= 0.6 is 0 Å². The molecule has 1 aliphatic heterocycles. The zero-order valence-electron chi connectivity index (χ0n) is 18.1. The third kappa shape index (κ3) is 5.14. The van der Waals surface area contributed by atoms with Crippen LogP contribution in [0.4, 0.5) is 0 Å². The number of amides is 2. The number of ether oxygens (including phenoxy) is 1. The predicted molar refractivity (Wildman–Crippen MR) is 119 cm³/mol. The molecule has 2 amide bonds. The quantitative estimate of drug-likeness (QED) is 0.619. The van der Waals surface area contributed by atoms with E-state index in [1.165, 1.54) is 0 Å². The zero-order chi connectivity index (χ0) is 22.3. The van der Waals surface area contributed by atoms with Crippen LogP contribution in [0.5, 0.6) is 5.88 Å². The highest BCUT2D eigenvalue weighted by molar-refractivity contribution is 5.95. The van der Waals surface area contributed by atoms with Crippen LogP contribution in [-0.2, 0) is 11.3 Å². The van der Waals surface area contributed by atoms with Crippen LogP contribution in [0.25, 0.3) is 0 Å². The van der Waals surface area contributed by atoms with Crippen LogP contribution in [0.2, 0.25) is 0 Å². The molecule has 2 aromatic heterocycles. The maximum Gasteiger partial charge on any atom is 0.260 e. The fourth-order valence-electron chi connectivity index (χ4n) is 4.01. The molecule has 1 fully saturated rings. The second kappa shape index (κ2) is 10.1. The number of nitrogens with one attached hydrogen (secondary N) is 1. The van der Waals surface area contributed by atoms with Crippen molar-refractivity contribution in [3.8, 4) is 5.88 Å². The number of H-pyrrole nitrogens is 1. The van der Waals surface area contributed by atoms with Crippen molar-refractivity contribution >= 4 is 11.8 Å². The summed E-state index contributed by atoms with van der Waals surface area (Å²) in [6, 6.07) is 15.2. The highest BCUT2D eigenvalue weighted by Crippen LogP contribution is 2.28. The van der Waals surface area contributed by atoms with E-state index < -0.39 is 0 Å². The van der Waals surface area contributed by atoms with Gasteiger partial charge >= 0.3 is 0 Å². The summed E-state index contributed by atoms with van der Waals surface area (Å²) < 4.78 is 5.51. The minimum atomic E-state index is -0.0889. The third-order valence-electron chi connectivity index (χ3n) is 5.67. The first-order valence-electron chi connectivity index (χ1n) is 10.8. The third-order valence-corrected chi connectivity index (χ3v) is 5.67. The summed E-state index contributed by atoms with van der Waals surface area (Å²) in [6.45, 7) is 1.66. The second-order valence-corrected chi connectivity index (χ2v) is 7.98. The van der Waals surface area contributed by atoms with Gasteiger partial charge in [0.15, 0.2) is 6.61 Å². The minimum Gasteiger partial charge on any atom is -0.468 e. The lowest BCUT2D eigenvalue weighted by Gasteiger charge is -2.32. The standard InChI is InChI=1S/C24H27N5O3/c1-28(15-18-8-3-2-4-9-18)24(31)20-14-26-27-23(20)19-10-7-13-29(16-19)22(30)17-32-21-11-5-6-12-25-21/h2-6,8-9,11-12,14,19H,7,10,13,15-17H2,1H3,(H,26,27)/t19-/m1/s1.